The van der Waals surface area contributed by atoms with Gasteiger partial charge < -0.3 is 10.5 Å². The molecular formula is C17H15F2NO2. The molecule has 0 radical (unpaired) electrons. The van der Waals surface area contributed by atoms with Gasteiger partial charge in [-0.15, -0.1) is 0 Å². The molecule has 2 N–H and O–H groups in total. The van der Waals surface area contributed by atoms with Gasteiger partial charge in [0.15, 0.2) is 0 Å². The Morgan fingerprint density at radius 1 is 1.32 bits per heavy atom. The first-order valence-corrected chi connectivity index (χ1v) is 6.99. The van der Waals surface area contributed by atoms with Crippen molar-refractivity contribution in [2.24, 2.45) is 5.73 Å². The molecule has 5 heteroatoms. The first-order valence-electron chi connectivity index (χ1n) is 6.99. The van der Waals surface area contributed by atoms with E-state index < -0.39 is 11.7 Å². The Kier molecular flexibility index (Phi) is 3.56. The van der Waals surface area contributed by atoms with E-state index in [0.717, 1.165) is 5.56 Å². The second-order valence-electron chi connectivity index (χ2n) is 5.43. The molecule has 0 spiro atoms. The van der Waals surface area contributed by atoms with Crippen molar-refractivity contribution in [2.75, 3.05) is 6.61 Å². The minimum atomic E-state index is -0.816. The molecule has 0 aromatic heterocycles. The summed E-state index contributed by atoms with van der Waals surface area (Å²) in [5, 5.41) is 0. The lowest BCUT2D eigenvalue weighted by atomic mass is 9.96. The number of carbonyl (C=O) groups is 1. The largest absolute Gasteiger partial charge is 0.493 e. The fourth-order valence-corrected chi connectivity index (χ4v) is 2.69. The maximum absolute atomic E-state index is 14.2. The van der Waals surface area contributed by atoms with E-state index in [1.807, 2.05) is 0 Å². The second-order valence-corrected chi connectivity index (χ2v) is 5.43. The lowest BCUT2D eigenvalue weighted by Crippen LogP contribution is -2.15. The van der Waals surface area contributed by atoms with E-state index in [2.05, 4.69) is 0 Å². The fraction of sp³-hybridized carbons (Fsp3) is 0.235. The SMILES string of the molecule is Cc1ccc(Cc2cc(C(N)=O)c(F)c3c2OCC3)cc1F. The Balaban J connectivity index is 2.06. The average molecular weight is 303 g/mol. The number of amides is 1. The standard InChI is InChI=1S/C17H15F2NO2/c1-9-2-3-10(7-14(9)18)6-11-8-13(17(20)21)15(19)12-4-5-22-16(11)12/h2-3,7-8H,4-6H2,1H3,(H2,20,21). The molecule has 1 aliphatic heterocycles. The Labute approximate surface area is 126 Å². The highest BCUT2D eigenvalue weighted by Crippen LogP contribution is 2.35. The molecule has 0 saturated carbocycles. The fourth-order valence-electron chi connectivity index (χ4n) is 2.69. The minimum Gasteiger partial charge on any atom is -0.493 e. The number of carbonyl (C=O) groups excluding carboxylic acids is 1. The molecule has 1 amide bonds. The van der Waals surface area contributed by atoms with Crippen LogP contribution in [0.15, 0.2) is 24.3 Å². The van der Waals surface area contributed by atoms with E-state index in [9.17, 15) is 13.6 Å². The molecule has 0 saturated heterocycles. The van der Waals surface area contributed by atoms with Gasteiger partial charge in [-0.2, -0.15) is 0 Å². The zero-order valence-electron chi connectivity index (χ0n) is 12.1. The molecule has 0 aliphatic carbocycles. The third-order valence-corrected chi connectivity index (χ3v) is 3.88. The predicted molar refractivity (Wildman–Crippen MR) is 78.1 cm³/mol. The number of primary amides is 1. The maximum atomic E-state index is 14.2. The highest BCUT2D eigenvalue weighted by Gasteiger charge is 2.25. The molecule has 114 valence electrons. The number of hydrogen-bond donors (Lipinski definition) is 1. The van der Waals surface area contributed by atoms with E-state index in [0.29, 0.717) is 41.9 Å². The molecule has 1 heterocycles. The monoisotopic (exact) mass is 303 g/mol. The molecule has 2 aromatic carbocycles. The molecule has 0 unspecified atom stereocenters. The van der Waals surface area contributed by atoms with Crippen LogP contribution in [0.5, 0.6) is 5.75 Å². The number of rotatable bonds is 3. The van der Waals surface area contributed by atoms with Gasteiger partial charge in [-0.05, 0) is 35.7 Å². The van der Waals surface area contributed by atoms with Crippen molar-refractivity contribution in [2.45, 2.75) is 19.8 Å². The second kappa shape index (κ2) is 5.40. The van der Waals surface area contributed by atoms with Crippen LogP contribution in [0.1, 0.15) is 32.6 Å². The van der Waals surface area contributed by atoms with Gasteiger partial charge in [0.05, 0.1) is 12.2 Å². The summed E-state index contributed by atoms with van der Waals surface area (Å²) in [5.41, 5.74) is 7.39. The summed E-state index contributed by atoms with van der Waals surface area (Å²) in [6.45, 7) is 2.05. The van der Waals surface area contributed by atoms with Crippen LogP contribution < -0.4 is 10.5 Å². The lowest BCUT2D eigenvalue weighted by Gasteiger charge is -2.12. The van der Waals surface area contributed by atoms with Crippen molar-refractivity contribution < 1.29 is 18.3 Å². The van der Waals surface area contributed by atoms with Gasteiger partial charge >= 0.3 is 0 Å². The van der Waals surface area contributed by atoms with E-state index in [1.165, 1.54) is 12.1 Å². The molecule has 1 aliphatic rings. The van der Waals surface area contributed by atoms with Crippen molar-refractivity contribution in [1.82, 2.24) is 0 Å². The maximum Gasteiger partial charge on any atom is 0.251 e. The highest BCUT2D eigenvalue weighted by molar-refractivity contribution is 5.94. The van der Waals surface area contributed by atoms with Crippen LogP contribution in [0, 0.1) is 18.6 Å². The van der Waals surface area contributed by atoms with Crippen molar-refractivity contribution in [3.8, 4) is 5.75 Å². The summed E-state index contributed by atoms with van der Waals surface area (Å²) >= 11 is 0. The van der Waals surface area contributed by atoms with Crippen LogP contribution >= 0.6 is 0 Å². The summed E-state index contributed by atoms with van der Waals surface area (Å²) in [4.78, 5) is 11.4. The molecule has 2 aromatic rings. The van der Waals surface area contributed by atoms with Crippen molar-refractivity contribution in [3.63, 3.8) is 0 Å². The summed E-state index contributed by atoms with van der Waals surface area (Å²) < 4.78 is 33.4. The van der Waals surface area contributed by atoms with Gasteiger partial charge in [0.25, 0.3) is 5.91 Å². The van der Waals surface area contributed by atoms with E-state index in [-0.39, 0.29) is 11.4 Å². The molecular weight excluding hydrogens is 288 g/mol. The van der Waals surface area contributed by atoms with Gasteiger partial charge in [0.2, 0.25) is 0 Å². The number of benzene rings is 2. The van der Waals surface area contributed by atoms with Crippen molar-refractivity contribution in [3.05, 3.63) is 63.7 Å². The van der Waals surface area contributed by atoms with Gasteiger partial charge in [-0.3, -0.25) is 4.79 Å². The summed E-state index contributed by atoms with van der Waals surface area (Å²) in [5.74, 6) is -1.28. The number of nitrogens with two attached hydrogens (primary N) is 1. The topological polar surface area (TPSA) is 52.3 Å². The molecule has 3 rings (SSSR count). The Morgan fingerprint density at radius 2 is 2.09 bits per heavy atom. The third kappa shape index (κ3) is 2.43. The van der Waals surface area contributed by atoms with Crippen LogP contribution in [0.3, 0.4) is 0 Å². The summed E-state index contributed by atoms with van der Waals surface area (Å²) in [6, 6.07) is 6.32. The van der Waals surface area contributed by atoms with Crippen LogP contribution in [0.4, 0.5) is 8.78 Å². The Hall–Kier alpha value is -2.43. The first-order chi connectivity index (χ1) is 10.5. The average Bonchev–Trinajstić information content (AvgIpc) is 2.95. The molecule has 0 atom stereocenters. The quantitative estimate of drug-likeness (QED) is 0.948. The predicted octanol–water partition coefficient (Wildman–Crippen LogP) is 2.90. The molecule has 22 heavy (non-hydrogen) atoms. The summed E-state index contributed by atoms with van der Waals surface area (Å²) in [7, 11) is 0. The Bertz CT molecular complexity index is 772. The zero-order valence-corrected chi connectivity index (χ0v) is 12.1. The first kappa shape index (κ1) is 14.5. The Morgan fingerprint density at radius 3 is 2.77 bits per heavy atom. The van der Waals surface area contributed by atoms with Crippen molar-refractivity contribution in [1.29, 1.82) is 0 Å². The van der Waals surface area contributed by atoms with Crippen LogP contribution in [0.2, 0.25) is 0 Å². The molecule has 0 fully saturated rings. The minimum absolute atomic E-state index is 0.146. The van der Waals surface area contributed by atoms with Gasteiger partial charge in [-0.1, -0.05) is 12.1 Å². The third-order valence-electron chi connectivity index (χ3n) is 3.88. The van der Waals surface area contributed by atoms with E-state index >= 15 is 0 Å². The van der Waals surface area contributed by atoms with Gasteiger partial charge in [-0.25, -0.2) is 8.78 Å². The number of aryl methyl sites for hydroxylation is 1. The van der Waals surface area contributed by atoms with Crippen molar-refractivity contribution >= 4 is 5.91 Å². The lowest BCUT2D eigenvalue weighted by molar-refractivity contribution is 0.0996. The number of hydrogen-bond acceptors (Lipinski definition) is 2. The number of fused-ring (bicyclic) bond motifs is 1. The van der Waals surface area contributed by atoms with Crippen LogP contribution in [0.25, 0.3) is 0 Å². The van der Waals surface area contributed by atoms with Crippen LogP contribution in [-0.4, -0.2) is 12.5 Å². The smallest absolute Gasteiger partial charge is 0.251 e. The zero-order chi connectivity index (χ0) is 15.9. The van der Waals surface area contributed by atoms with E-state index in [1.54, 1.807) is 19.1 Å². The van der Waals surface area contributed by atoms with Gasteiger partial charge in [0, 0.05) is 18.4 Å². The molecule has 0 bridgehead atoms. The van der Waals surface area contributed by atoms with E-state index in [4.69, 9.17) is 10.5 Å². The normalized spacial score (nSPS) is 12.9. The number of halogens is 2. The summed E-state index contributed by atoms with van der Waals surface area (Å²) in [6.07, 6.45) is 0.748. The van der Waals surface area contributed by atoms with Gasteiger partial charge in [0.1, 0.15) is 17.4 Å². The highest BCUT2D eigenvalue weighted by atomic mass is 19.1. The van der Waals surface area contributed by atoms with Crippen LogP contribution in [-0.2, 0) is 12.8 Å². The molecule has 3 nitrogen and oxygen atoms in total. The number of ether oxygens (including phenoxy) is 1.